The first-order valence-electron chi connectivity index (χ1n) is 2.10. The molecule has 0 aromatic rings. The van der Waals surface area contributed by atoms with Crippen LogP contribution in [0.2, 0.25) is 0 Å². The Morgan fingerprint density at radius 2 is 1.09 bits per heavy atom. The first-order chi connectivity index (χ1) is 4.95. The van der Waals surface area contributed by atoms with Gasteiger partial charge in [0.15, 0.2) is 0 Å². The van der Waals surface area contributed by atoms with E-state index in [-0.39, 0.29) is 0 Å². The molecule has 0 saturated heterocycles. The van der Waals surface area contributed by atoms with Gasteiger partial charge in [-0.25, -0.2) is 19.2 Å². The summed E-state index contributed by atoms with van der Waals surface area (Å²) in [5, 5.41) is 0. The molecule has 0 amide bonds. The highest BCUT2D eigenvalue weighted by molar-refractivity contribution is 6.38. The highest BCUT2D eigenvalue weighted by atomic mass is 19.1. The molecule has 11 heavy (non-hydrogen) atoms. The molecule has 0 N–H and O–H groups in total. The maximum Gasteiger partial charge on any atom is 0.417 e. The molecule has 60 valence electrons. The molecule has 0 radical (unpaired) electrons. The van der Waals surface area contributed by atoms with Crippen LogP contribution in [0.4, 0.5) is 8.78 Å². The van der Waals surface area contributed by atoms with E-state index < -0.39 is 24.0 Å². The van der Waals surface area contributed by atoms with E-state index in [1.807, 2.05) is 0 Å². The molecule has 0 spiro atoms. The van der Waals surface area contributed by atoms with Crippen LogP contribution in [-0.2, 0) is 23.9 Å². The van der Waals surface area contributed by atoms with Crippen molar-refractivity contribution in [1.29, 1.82) is 0 Å². The smallest absolute Gasteiger partial charge is 0.377 e. The molecule has 7 heteroatoms. The number of carbonyl (C=O) groups is 4. The van der Waals surface area contributed by atoms with Crippen molar-refractivity contribution in [3.05, 3.63) is 0 Å². The van der Waals surface area contributed by atoms with E-state index in [0.717, 1.165) is 0 Å². The van der Waals surface area contributed by atoms with Gasteiger partial charge in [0, 0.05) is 0 Å². The zero-order valence-corrected chi connectivity index (χ0v) is 4.80. The van der Waals surface area contributed by atoms with Crippen LogP contribution in [0.15, 0.2) is 0 Å². The molecule has 0 aliphatic heterocycles. The maximum absolute atomic E-state index is 11.2. The molecular weight excluding hydrogens is 166 g/mol. The molecule has 0 aromatic carbocycles. The predicted molar refractivity (Wildman–Crippen MR) is 23.3 cm³/mol. The van der Waals surface area contributed by atoms with Crippen molar-refractivity contribution < 1.29 is 32.7 Å². The van der Waals surface area contributed by atoms with Crippen LogP contribution < -0.4 is 0 Å². The van der Waals surface area contributed by atoms with Crippen LogP contribution in [-0.4, -0.2) is 24.0 Å². The molecule has 0 fully saturated rings. The molecule has 0 unspecified atom stereocenters. The van der Waals surface area contributed by atoms with Crippen molar-refractivity contribution in [3.63, 3.8) is 0 Å². The predicted octanol–water partition coefficient (Wildman–Crippen LogP) is -0.952. The summed E-state index contributed by atoms with van der Waals surface area (Å²) < 4.78 is 25.5. The van der Waals surface area contributed by atoms with Crippen molar-refractivity contribution >= 4 is 24.0 Å². The quantitative estimate of drug-likeness (QED) is 0.228. The Hall–Kier alpha value is -1.66. The number of rotatable bonds is 2. The zero-order valence-electron chi connectivity index (χ0n) is 4.80. The average Bonchev–Trinajstić information content (AvgIpc) is 1.87. The monoisotopic (exact) mass is 166 g/mol. The Morgan fingerprint density at radius 3 is 1.27 bits per heavy atom. The topological polar surface area (TPSA) is 77.5 Å². The highest BCUT2D eigenvalue weighted by Gasteiger charge is 2.23. The van der Waals surface area contributed by atoms with E-state index in [4.69, 9.17) is 0 Å². The van der Waals surface area contributed by atoms with Crippen LogP contribution in [0.1, 0.15) is 0 Å². The van der Waals surface area contributed by atoms with E-state index in [2.05, 4.69) is 4.74 Å². The van der Waals surface area contributed by atoms with E-state index in [1.54, 1.807) is 0 Å². The molecule has 0 bridgehead atoms. The summed E-state index contributed by atoms with van der Waals surface area (Å²) in [7, 11) is 0. The minimum Gasteiger partial charge on any atom is -0.377 e. The minimum absolute atomic E-state index is 2.22. The molecule has 0 aliphatic rings. The van der Waals surface area contributed by atoms with E-state index in [1.165, 1.54) is 0 Å². The number of carbonyl (C=O) groups excluding carboxylic acids is 4. The SMILES string of the molecule is O=C(F)C(=O)OC(=O)C(=O)F. The molecule has 0 atom stereocenters. The Bertz CT molecular complexity index is 209. The van der Waals surface area contributed by atoms with Gasteiger partial charge in [0.25, 0.3) is 0 Å². The lowest BCUT2D eigenvalue weighted by Crippen LogP contribution is -2.21. The first kappa shape index (κ1) is 9.34. The molecule has 0 aliphatic carbocycles. The number of hydrogen-bond acceptors (Lipinski definition) is 5. The van der Waals surface area contributed by atoms with Gasteiger partial charge in [-0.2, -0.15) is 8.78 Å². The summed E-state index contributed by atoms with van der Waals surface area (Å²) in [4.78, 5) is 38.3. The lowest BCUT2D eigenvalue weighted by Gasteiger charge is -1.90. The van der Waals surface area contributed by atoms with Gasteiger partial charge in [-0.1, -0.05) is 0 Å². The minimum atomic E-state index is -2.58. The van der Waals surface area contributed by atoms with Crippen molar-refractivity contribution in [2.75, 3.05) is 0 Å². The highest BCUT2D eigenvalue weighted by Crippen LogP contribution is 1.86. The summed E-state index contributed by atoms with van der Waals surface area (Å²) >= 11 is 0. The van der Waals surface area contributed by atoms with Crippen LogP contribution in [0.3, 0.4) is 0 Å². The first-order valence-corrected chi connectivity index (χ1v) is 2.10. The zero-order chi connectivity index (χ0) is 9.02. The third-order valence-corrected chi connectivity index (χ3v) is 0.506. The van der Waals surface area contributed by atoms with Crippen molar-refractivity contribution in [1.82, 2.24) is 0 Å². The Balaban J connectivity index is 4.07. The summed E-state index contributed by atoms with van der Waals surface area (Å²) in [5.41, 5.74) is 0. The van der Waals surface area contributed by atoms with E-state index in [0.29, 0.717) is 0 Å². The van der Waals surface area contributed by atoms with Crippen molar-refractivity contribution in [2.45, 2.75) is 0 Å². The summed E-state index contributed by atoms with van der Waals surface area (Å²) in [5.74, 6) is -4.44. The van der Waals surface area contributed by atoms with E-state index in [9.17, 15) is 28.0 Å². The Labute approximate surface area is 57.9 Å². The summed E-state index contributed by atoms with van der Waals surface area (Å²) in [6.45, 7) is 0. The fourth-order valence-electron chi connectivity index (χ4n) is 0.164. The Kier molecular flexibility index (Phi) is 2.97. The maximum atomic E-state index is 11.2. The van der Waals surface area contributed by atoms with Gasteiger partial charge in [0.05, 0.1) is 0 Å². The van der Waals surface area contributed by atoms with Gasteiger partial charge in [0.1, 0.15) is 0 Å². The van der Waals surface area contributed by atoms with Crippen LogP contribution >= 0.6 is 0 Å². The number of ether oxygens (including phenoxy) is 1. The van der Waals surface area contributed by atoms with Crippen molar-refractivity contribution in [3.8, 4) is 0 Å². The van der Waals surface area contributed by atoms with Gasteiger partial charge in [-0.3, -0.25) is 0 Å². The van der Waals surface area contributed by atoms with Crippen molar-refractivity contribution in [2.24, 2.45) is 0 Å². The molecule has 0 rings (SSSR count). The third-order valence-electron chi connectivity index (χ3n) is 0.506. The third kappa shape index (κ3) is 3.14. The second kappa shape index (κ2) is 3.49. The van der Waals surface area contributed by atoms with Crippen LogP contribution in [0.5, 0.6) is 0 Å². The van der Waals surface area contributed by atoms with Gasteiger partial charge < -0.3 is 4.74 Å². The second-order valence-electron chi connectivity index (χ2n) is 1.22. The van der Waals surface area contributed by atoms with Gasteiger partial charge in [-0.05, 0) is 0 Å². The lowest BCUT2D eigenvalue weighted by atomic mass is 10.7. The molecule has 5 nitrogen and oxygen atoms in total. The number of hydrogen-bond donors (Lipinski definition) is 0. The van der Waals surface area contributed by atoms with Gasteiger partial charge in [0.2, 0.25) is 0 Å². The van der Waals surface area contributed by atoms with E-state index >= 15 is 0 Å². The van der Waals surface area contributed by atoms with Gasteiger partial charge >= 0.3 is 24.0 Å². The average molecular weight is 166 g/mol. The fourth-order valence-corrected chi connectivity index (χ4v) is 0.164. The summed E-state index contributed by atoms with van der Waals surface area (Å²) in [6, 6.07) is -5.17. The number of halogens is 2. The molecular formula is C4F2O5. The summed E-state index contributed by atoms with van der Waals surface area (Å²) in [6.07, 6.45) is 0. The van der Waals surface area contributed by atoms with Crippen LogP contribution in [0, 0.1) is 0 Å². The Morgan fingerprint density at radius 1 is 0.818 bits per heavy atom. The lowest BCUT2D eigenvalue weighted by molar-refractivity contribution is -0.172. The standard InChI is InChI=1S/C4F2O5/c5-1(7)3(9)11-4(10)2(6)8. The van der Waals surface area contributed by atoms with Gasteiger partial charge in [-0.15, -0.1) is 0 Å². The normalized spacial score (nSPS) is 8.55. The second-order valence-corrected chi connectivity index (χ2v) is 1.22. The molecule has 0 saturated carbocycles. The molecule has 0 heterocycles. The van der Waals surface area contributed by atoms with Crippen LogP contribution in [0.25, 0.3) is 0 Å². The largest absolute Gasteiger partial charge is 0.417 e. The fraction of sp³-hybridized carbons (Fsp3) is 0. The molecule has 0 aromatic heterocycles. The number of esters is 2.